The minimum absolute atomic E-state index is 0.0473. The second-order valence-electron chi connectivity index (χ2n) is 4.69. The molecule has 0 saturated heterocycles. The van der Waals surface area contributed by atoms with E-state index in [2.05, 4.69) is 0 Å². The molecule has 20 heavy (non-hydrogen) atoms. The summed E-state index contributed by atoms with van der Waals surface area (Å²) in [5.74, 6) is 0.0473. The van der Waals surface area contributed by atoms with E-state index in [0.717, 1.165) is 10.9 Å². The Balaban J connectivity index is 2.00. The number of hydrogen-bond donors (Lipinski definition) is 0. The second-order valence-corrected chi connectivity index (χ2v) is 5.54. The molecule has 0 amide bonds. The Labute approximate surface area is 126 Å². The van der Waals surface area contributed by atoms with Gasteiger partial charge in [-0.2, -0.15) is 0 Å². The van der Waals surface area contributed by atoms with Crippen molar-refractivity contribution in [3.05, 3.63) is 58.5 Å². The number of Topliss-reactive ketones (excluding diaryl/α,β-unsaturated/α-hetero) is 1. The van der Waals surface area contributed by atoms with E-state index in [1.54, 1.807) is 6.07 Å². The molecule has 3 rings (SSSR count). The molecule has 0 N–H and O–H groups in total. The van der Waals surface area contributed by atoms with Crippen molar-refractivity contribution in [2.24, 2.45) is 7.05 Å². The topological polar surface area (TPSA) is 26.9 Å². The maximum absolute atomic E-state index is 12.3. The number of fused-ring (bicyclic) bond motifs is 1. The number of halogens is 2. The Morgan fingerprint density at radius 3 is 2.70 bits per heavy atom. The minimum Gasteiger partial charge on any atom is -0.348 e. The van der Waals surface area contributed by atoms with Crippen LogP contribution in [-0.2, 0) is 13.6 Å². The van der Waals surface area contributed by atoms with Crippen molar-refractivity contribution in [2.75, 3.05) is 0 Å². The molecule has 3 nitrogen and oxygen atoms in total. The van der Waals surface area contributed by atoms with Crippen molar-refractivity contribution in [3.63, 3.8) is 0 Å². The van der Waals surface area contributed by atoms with Crippen molar-refractivity contribution in [3.8, 4) is 0 Å². The van der Waals surface area contributed by atoms with Gasteiger partial charge in [0.1, 0.15) is 0 Å². The first kappa shape index (κ1) is 13.3. The SMILES string of the molecule is Cn1cccc1C(=O)Cn1ccc2c(Cl)cc(Cl)cc21. The highest BCUT2D eigenvalue weighted by Gasteiger charge is 2.12. The Morgan fingerprint density at radius 2 is 2.00 bits per heavy atom. The zero-order chi connectivity index (χ0) is 14.3. The number of benzene rings is 1. The molecule has 5 heteroatoms. The monoisotopic (exact) mass is 306 g/mol. The fourth-order valence-corrected chi connectivity index (χ4v) is 2.89. The molecule has 0 atom stereocenters. The second kappa shape index (κ2) is 5.00. The van der Waals surface area contributed by atoms with Crippen LogP contribution in [0.25, 0.3) is 10.9 Å². The number of aryl methyl sites for hydroxylation is 1. The fourth-order valence-electron chi connectivity index (χ4n) is 2.34. The van der Waals surface area contributed by atoms with Gasteiger partial charge in [0, 0.05) is 29.9 Å². The number of nitrogens with zero attached hydrogens (tertiary/aromatic N) is 2. The largest absolute Gasteiger partial charge is 0.348 e. The third-order valence-electron chi connectivity index (χ3n) is 3.35. The summed E-state index contributed by atoms with van der Waals surface area (Å²) in [7, 11) is 1.86. The molecule has 102 valence electrons. The number of ketones is 1. The molecule has 0 spiro atoms. The average molecular weight is 307 g/mol. The molecule has 0 aliphatic rings. The van der Waals surface area contributed by atoms with Crippen molar-refractivity contribution < 1.29 is 4.79 Å². The van der Waals surface area contributed by atoms with Crippen molar-refractivity contribution >= 4 is 39.9 Å². The van der Waals surface area contributed by atoms with Gasteiger partial charge in [0.25, 0.3) is 0 Å². The van der Waals surface area contributed by atoms with Crippen LogP contribution >= 0.6 is 23.2 Å². The minimum atomic E-state index is 0.0473. The normalized spacial score (nSPS) is 11.2. The van der Waals surface area contributed by atoms with Gasteiger partial charge in [0.15, 0.2) is 5.78 Å². The number of carbonyl (C=O) groups is 1. The van der Waals surface area contributed by atoms with Crippen molar-refractivity contribution in [2.45, 2.75) is 6.54 Å². The van der Waals surface area contributed by atoms with Gasteiger partial charge in [0.2, 0.25) is 0 Å². The van der Waals surface area contributed by atoms with E-state index in [4.69, 9.17) is 23.2 Å². The maximum Gasteiger partial charge on any atom is 0.198 e. The van der Waals surface area contributed by atoms with Gasteiger partial charge in [-0.25, -0.2) is 0 Å². The molecular formula is C15H12Cl2N2O. The van der Waals surface area contributed by atoms with Crippen LogP contribution in [0.15, 0.2) is 42.7 Å². The molecule has 0 bridgehead atoms. The molecule has 2 heterocycles. The first-order chi connectivity index (χ1) is 9.56. The Kier molecular flexibility index (Phi) is 3.32. The lowest BCUT2D eigenvalue weighted by Crippen LogP contribution is -2.12. The van der Waals surface area contributed by atoms with Crippen LogP contribution in [0.4, 0.5) is 0 Å². The van der Waals surface area contributed by atoms with E-state index in [-0.39, 0.29) is 12.3 Å². The van der Waals surface area contributed by atoms with E-state index in [1.165, 1.54) is 0 Å². The van der Waals surface area contributed by atoms with E-state index in [9.17, 15) is 4.79 Å². The lowest BCUT2D eigenvalue weighted by molar-refractivity contribution is 0.0965. The van der Waals surface area contributed by atoms with Crippen LogP contribution in [0.1, 0.15) is 10.5 Å². The summed E-state index contributed by atoms with van der Waals surface area (Å²) in [6.07, 6.45) is 3.71. The highest BCUT2D eigenvalue weighted by molar-refractivity contribution is 6.38. The Morgan fingerprint density at radius 1 is 1.20 bits per heavy atom. The lowest BCUT2D eigenvalue weighted by Gasteiger charge is -2.06. The summed E-state index contributed by atoms with van der Waals surface area (Å²) < 4.78 is 3.68. The van der Waals surface area contributed by atoms with Gasteiger partial charge in [-0.1, -0.05) is 23.2 Å². The number of aromatic nitrogens is 2. The Bertz CT molecular complexity index is 801. The van der Waals surface area contributed by atoms with Crippen LogP contribution < -0.4 is 0 Å². The molecule has 0 fully saturated rings. The molecule has 2 aromatic heterocycles. The average Bonchev–Trinajstić information content (AvgIpc) is 2.96. The van der Waals surface area contributed by atoms with Crippen LogP contribution in [-0.4, -0.2) is 14.9 Å². The molecule has 0 unspecified atom stereocenters. The highest BCUT2D eigenvalue weighted by atomic mass is 35.5. The molecule has 0 aliphatic heterocycles. The van der Waals surface area contributed by atoms with Gasteiger partial charge in [-0.05, 0) is 30.3 Å². The Hall–Kier alpha value is -1.71. The summed E-state index contributed by atoms with van der Waals surface area (Å²) in [6, 6.07) is 9.09. The summed E-state index contributed by atoms with van der Waals surface area (Å²) in [6.45, 7) is 0.262. The summed E-state index contributed by atoms with van der Waals surface area (Å²) >= 11 is 12.2. The number of rotatable bonds is 3. The third kappa shape index (κ3) is 2.23. The standard InChI is InChI=1S/C15H12Cl2N2O/c1-18-5-2-3-13(18)15(20)9-19-6-4-11-12(17)7-10(16)8-14(11)19/h2-8H,9H2,1H3. The summed E-state index contributed by atoms with van der Waals surface area (Å²) in [5, 5.41) is 2.06. The van der Waals surface area contributed by atoms with Gasteiger partial charge < -0.3 is 9.13 Å². The van der Waals surface area contributed by atoms with Crippen LogP contribution in [0.3, 0.4) is 0 Å². The number of carbonyl (C=O) groups excluding carboxylic acids is 1. The molecule has 0 saturated carbocycles. The first-order valence-corrected chi connectivity index (χ1v) is 6.90. The lowest BCUT2D eigenvalue weighted by atomic mass is 10.2. The van der Waals surface area contributed by atoms with E-state index < -0.39 is 0 Å². The predicted molar refractivity (Wildman–Crippen MR) is 81.7 cm³/mol. The van der Waals surface area contributed by atoms with Gasteiger partial charge in [-0.15, -0.1) is 0 Å². The van der Waals surface area contributed by atoms with Crippen LogP contribution in [0.5, 0.6) is 0 Å². The van der Waals surface area contributed by atoms with Crippen molar-refractivity contribution in [1.82, 2.24) is 9.13 Å². The smallest absolute Gasteiger partial charge is 0.198 e. The first-order valence-electron chi connectivity index (χ1n) is 6.14. The van der Waals surface area contributed by atoms with Gasteiger partial charge >= 0.3 is 0 Å². The maximum atomic E-state index is 12.3. The van der Waals surface area contributed by atoms with Crippen LogP contribution in [0, 0.1) is 0 Å². The van der Waals surface area contributed by atoms with Crippen molar-refractivity contribution in [1.29, 1.82) is 0 Å². The zero-order valence-corrected chi connectivity index (χ0v) is 12.3. The highest BCUT2D eigenvalue weighted by Crippen LogP contribution is 2.28. The van der Waals surface area contributed by atoms with E-state index >= 15 is 0 Å². The predicted octanol–water partition coefficient (Wildman–Crippen LogP) is 4.17. The molecule has 1 aromatic carbocycles. The molecular weight excluding hydrogens is 295 g/mol. The molecule has 3 aromatic rings. The van der Waals surface area contributed by atoms with Crippen LogP contribution in [0.2, 0.25) is 10.0 Å². The summed E-state index contributed by atoms with van der Waals surface area (Å²) in [4.78, 5) is 12.3. The quantitative estimate of drug-likeness (QED) is 0.667. The van der Waals surface area contributed by atoms with Gasteiger partial charge in [0.05, 0.1) is 22.8 Å². The molecule has 0 aliphatic carbocycles. The van der Waals surface area contributed by atoms with E-state index in [0.29, 0.717) is 15.7 Å². The molecule has 0 radical (unpaired) electrons. The van der Waals surface area contributed by atoms with Gasteiger partial charge in [-0.3, -0.25) is 4.79 Å². The number of hydrogen-bond acceptors (Lipinski definition) is 1. The zero-order valence-electron chi connectivity index (χ0n) is 10.8. The van der Waals surface area contributed by atoms with E-state index in [1.807, 2.05) is 52.8 Å². The fraction of sp³-hybridized carbons (Fsp3) is 0.133. The third-order valence-corrected chi connectivity index (χ3v) is 3.88. The summed E-state index contributed by atoms with van der Waals surface area (Å²) in [5.41, 5.74) is 1.55.